The number of hydrogen-bond donors (Lipinski definition) is 1. The standard InChI is InChI=1S/C16H31N3S/c1-8-9-10-19(7)15-18-14(16(4,5)6)13(20-15)11-17-12(2)3/h12,17H,8-11H2,1-7H3. The van der Waals surface area contributed by atoms with Crippen molar-refractivity contribution in [2.45, 2.75) is 72.4 Å². The van der Waals surface area contributed by atoms with Crippen molar-refractivity contribution in [2.24, 2.45) is 0 Å². The lowest BCUT2D eigenvalue weighted by Crippen LogP contribution is -2.24. The molecule has 0 atom stereocenters. The maximum absolute atomic E-state index is 4.92. The molecule has 3 nitrogen and oxygen atoms in total. The first-order valence-electron chi connectivity index (χ1n) is 7.70. The molecule has 1 N–H and O–H groups in total. The molecule has 0 aliphatic carbocycles. The first-order valence-corrected chi connectivity index (χ1v) is 8.52. The summed E-state index contributed by atoms with van der Waals surface area (Å²) in [6, 6.07) is 0.506. The largest absolute Gasteiger partial charge is 0.351 e. The molecule has 1 rings (SSSR count). The zero-order valence-electron chi connectivity index (χ0n) is 14.2. The minimum absolute atomic E-state index is 0.105. The van der Waals surface area contributed by atoms with Gasteiger partial charge in [0.2, 0.25) is 0 Å². The lowest BCUT2D eigenvalue weighted by atomic mass is 9.91. The van der Waals surface area contributed by atoms with Crippen molar-refractivity contribution in [3.63, 3.8) is 0 Å². The molecule has 0 bridgehead atoms. The van der Waals surface area contributed by atoms with E-state index in [1.807, 2.05) is 11.3 Å². The fourth-order valence-electron chi connectivity index (χ4n) is 2.00. The van der Waals surface area contributed by atoms with Gasteiger partial charge in [0.25, 0.3) is 0 Å². The minimum atomic E-state index is 0.105. The summed E-state index contributed by atoms with van der Waals surface area (Å²) >= 11 is 1.84. The van der Waals surface area contributed by atoms with Crippen LogP contribution in [0.15, 0.2) is 0 Å². The summed E-state index contributed by atoms with van der Waals surface area (Å²) < 4.78 is 0. The molecule has 4 heteroatoms. The second-order valence-electron chi connectivity index (χ2n) is 6.83. The first-order chi connectivity index (χ1) is 9.25. The summed E-state index contributed by atoms with van der Waals surface area (Å²) in [6.07, 6.45) is 2.45. The van der Waals surface area contributed by atoms with Crippen LogP contribution in [0, 0.1) is 0 Å². The quantitative estimate of drug-likeness (QED) is 0.818. The van der Waals surface area contributed by atoms with Crippen LogP contribution in [-0.2, 0) is 12.0 Å². The lowest BCUT2D eigenvalue weighted by Gasteiger charge is -2.18. The Bertz CT molecular complexity index is 404. The number of thiazole rings is 1. The van der Waals surface area contributed by atoms with Gasteiger partial charge in [0.15, 0.2) is 5.13 Å². The molecule has 0 radical (unpaired) electrons. The fourth-order valence-corrected chi connectivity index (χ4v) is 3.20. The molecule has 0 saturated heterocycles. The van der Waals surface area contributed by atoms with E-state index in [0.29, 0.717) is 6.04 Å². The van der Waals surface area contributed by atoms with Crippen LogP contribution in [0.5, 0.6) is 0 Å². The highest BCUT2D eigenvalue weighted by Crippen LogP contribution is 2.33. The van der Waals surface area contributed by atoms with Crippen LogP contribution in [0.2, 0.25) is 0 Å². The highest BCUT2D eigenvalue weighted by atomic mass is 32.1. The lowest BCUT2D eigenvalue weighted by molar-refractivity contribution is 0.545. The summed E-state index contributed by atoms with van der Waals surface area (Å²) in [7, 11) is 2.15. The van der Waals surface area contributed by atoms with Crippen molar-refractivity contribution in [1.82, 2.24) is 10.3 Å². The summed E-state index contributed by atoms with van der Waals surface area (Å²) in [4.78, 5) is 8.59. The van der Waals surface area contributed by atoms with Gasteiger partial charge in [-0.05, 0) is 6.42 Å². The van der Waals surface area contributed by atoms with Crippen molar-refractivity contribution >= 4 is 16.5 Å². The predicted molar refractivity (Wildman–Crippen MR) is 91.0 cm³/mol. The molecule has 0 saturated carbocycles. The second kappa shape index (κ2) is 7.41. The zero-order valence-corrected chi connectivity index (χ0v) is 15.0. The molecule has 20 heavy (non-hydrogen) atoms. The van der Waals surface area contributed by atoms with Gasteiger partial charge in [-0.15, -0.1) is 11.3 Å². The average molecular weight is 298 g/mol. The van der Waals surface area contributed by atoms with Crippen molar-refractivity contribution in [2.75, 3.05) is 18.5 Å². The molecule has 0 aliphatic heterocycles. The van der Waals surface area contributed by atoms with Crippen LogP contribution in [0.4, 0.5) is 5.13 Å². The third-order valence-electron chi connectivity index (χ3n) is 3.24. The molecule has 1 aromatic rings. The Balaban J connectivity index is 2.93. The van der Waals surface area contributed by atoms with E-state index in [1.54, 1.807) is 0 Å². The maximum Gasteiger partial charge on any atom is 0.185 e. The summed E-state index contributed by atoms with van der Waals surface area (Å²) in [6.45, 7) is 15.4. The molecule has 0 unspecified atom stereocenters. The van der Waals surface area contributed by atoms with Crippen molar-refractivity contribution in [1.29, 1.82) is 0 Å². The van der Waals surface area contributed by atoms with Gasteiger partial charge in [-0.25, -0.2) is 4.98 Å². The number of hydrogen-bond acceptors (Lipinski definition) is 4. The van der Waals surface area contributed by atoms with Gasteiger partial charge in [-0.1, -0.05) is 48.0 Å². The van der Waals surface area contributed by atoms with E-state index >= 15 is 0 Å². The molecular weight excluding hydrogens is 266 g/mol. The van der Waals surface area contributed by atoms with Crippen molar-refractivity contribution < 1.29 is 0 Å². The van der Waals surface area contributed by atoms with Crippen molar-refractivity contribution in [3.8, 4) is 0 Å². The number of aromatic nitrogens is 1. The summed E-state index contributed by atoms with van der Waals surface area (Å²) in [5.41, 5.74) is 1.35. The molecule has 0 fully saturated rings. The third-order valence-corrected chi connectivity index (χ3v) is 4.41. The Labute approximate surface area is 128 Å². The molecule has 0 aromatic carbocycles. The average Bonchev–Trinajstić information content (AvgIpc) is 2.77. The molecule has 1 heterocycles. The fraction of sp³-hybridized carbons (Fsp3) is 0.812. The SMILES string of the molecule is CCCCN(C)c1nc(C(C)(C)C)c(CNC(C)C)s1. The van der Waals surface area contributed by atoms with E-state index < -0.39 is 0 Å². The Kier molecular flexibility index (Phi) is 6.46. The van der Waals surface area contributed by atoms with Crippen LogP contribution >= 0.6 is 11.3 Å². The Morgan fingerprint density at radius 1 is 1.30 bits per heavy atom. The van der Waals surface area contributed by atoms with Crippen LogP contribution < -0.4 is 10.2 Å². The normalized spacial score (nSPS) is 12.2. The van der Waals surface area contributed by atoms with Crippen LogP contribution in [0.1, 0.15) is 65.0 Å². The highest BCUT2D eigenvalue weighted by Gasteiger charge is 2.24. The number of nitrogens with zero attached hydrogens (tertiary/aromatic N) is 2. The van der Waals surface area contributed by atoms with Crippen molar-refractivity contribution in [3.05, 3.63) is 10.6 Å². The third kappa shape index (κ3) is 5.06. The van der Waals surface area contributed by atoms with E-state index in [2.05, 4.69) is 58.8 Å². The zero-order chi connectivity index (χ0) is 15.3. The molecule has 1 aromatic heterocycles. The Morgan fingerprint density at radius 3 is 2.45 bits per heavy atom. The topological polar surface area (TPSA) is 28.2 Å². The summed E-state index contributed by atoms with van der Waals surface area (Å²) in [5, 5.41) is 4.68. The van der Waals surface area contributed by atoms with Crippen LogP contribution in [0.25, 0.3) is 0 Å². The molecule has 116 valence electrons. The number of unbranched alkanes of at least 4 members (excludes halogenated alkanes) is 1. The van der Waals surface area contributed by atoms with Crippen LogP contribution in [0.3, 0.4) is 0 Å². The van der Waals surface area contributed by atoms with Gasteiger partial charge in [-0.2, -0.15) is 0 Å². The molecule has 0 spiro atoms. The maximum atomic E-state index is 4.92. The van der Waals surface area contributed by atoms with E-state index in [9.17, 15) is 0 Å². The van der Waals surface area contributed by atoms with E-state index in [-0.39, 0.29) is 5.41 Å². The van der Waals surface area contributed by atoms with E-state index in [1.165, 1.54) is 23.4 Å². The number of nitrogens with one attached hydrogen (secondary N) is 1. The first kappa shape index (κ1) is 17.4. The van der Waals surface area contributed by atoms with E-state index in [4.69, 9.17) is 4.98 Å². The van der Waals surface area contributed by atoms with Crippen LogP contribution in [-0.4, -0.2) is 24.6 Å². The van der Waals surface area contributed by atoms with E-state index in [0.717, 1.165) is 18.2 Å². The van der Waals surface area contributed by atoms with Gasteiger partial charge in [-0.3, -0.25) is 0 Å². The monoisotopic (exact) mass is 297 g/mol. The van der Waals surface area contributed by atoms with Gasteiger partial charge in [0.05, 0.1) is 5.69 Å². The van der Waals surface area contributed by atoms with Gasteiger partial charge in [0.1, 0.15) is 0 Å². The Hall–Kier alpha value is -0.610. The van der Waals surface area contributed by atoms with Gasteiger partial charge < -0.3 is 10.2 Å². The smallest absolute Gasteiger partial charge is 0.185 e. The minimum Gasteiger partial charge on any atom is -0.351 e. The molecule has 0 aliphatic rings. The molecule has 0 amide bonds. The van der Waals surface area contributed by atoms with Gasteiger partial charge >= 0.3 is 0 Å². The van der Waals surface area contributed by atoms with Gasteiger partial charge in [0, 0.05) is 36.5 Å². The predicted octanol–water partition coefficient (Wildman–Crippen LogP) is 4.17. The number of rotatable bonds is 7. The highest BCUT2D eigenvalue weighted by molar-refractivity contribution is 7.15. The summed E-state index contributed by atoms with van der Waals surface area (Å²) in [5.74, 6) is 0. The number of anilines is 1. The Morgan fingerprint density at radius 2 is 1.95 bits per heavy atom. The molecular formula is C16H31N3S. The second-order valence-corrected chi connectivity index (χ2v) is 7.89.